The first-order valence-corrected chi connectivity index (χ1v) is 23.9. The molecule has 2 atom stereocenters. The zero-order chi connectivity index (χ0) is 44.2. The number of esters is 2. The SMILES string of the molecule is CC/C=C\C/C=C\C/C=C\C/C=C\C/C=C\CCCC(=O)OC(COC(=O)CCCCCCCCCCCCCCCCCCCC)COC(OCC[N+](C)(C)C)C(=O)[O-]. The summed E-state index contributed by atoms with van der Waals surface area (Å²) in [6.07, 6.45) is 48.3. The molecule has 0 aromatic carbocycles. The third kappa shape index (κ3) is 43.1. The first-order chi connectivity index (χ1) is 29.1. The van der Waals surface area contributed by atoms with Gasteiger partial charge in [0.15, 0.2) is 12.4 Å². The van der Waals surface area contributed by atoms with E-state index in [1.807, 2.05) is 27.2 Å². The van der Waals surface area contributed by atoms with Crippen molar-refractivity contribution < 1.29 is 42.9 Å². The average Bonchev–Trinajstić information content (AvgIpc) is 3.21. The normalized spacial score (nSPS) is 13.4. The molecule has 2 unspecified atom stereocenters. The van der Waals surface area contributed by atoms with E-state index >= 15 is 0 Å². The Labute approximate surface area is 367 Å². The van der Waals surface area contributed by atoms with Crippen LogP contribution in [0.15, 0.2) is 60.8 Å². The predicted molar refractivity (Wildman–Crippen MR) is 246 cm³/mol. The molecular formula is C51H89NO8. The van der Waals surface area contributed by atoms with E-state index in [1.165, 1.54) is 96.3 Å². The maximum Gasteiger partial charge on any atom is 0.306 e. The zero-order valence-electron chi connectivity index (χ0n) is 39.1. The van der Waals surface area contributed by atoms with E-state index in [4.69, 9.17) is 18.9 Å². The first-order valence-electron chi connectivity index (χ1n) is 23.9. The number of carboxylic acid groups (broad SMARTS) is 1. The van der Waals surface area contributed by atoms with Crippen molar-refractivity contribution in [1.29, 1.82) is 0 Å². The van der Waals surface area contributed by atoms with Gasteiger partial charge in [0.1, 0.15) is 13.2 Å². The molecule has 0 heterocycles. The number of carboxylic acids is 1. The van der Waals surface area contributed by atoms with E-state index in [0.717, 1.165) is 51.4 Å². The van der Waals surface area contributed by atoms with Gasteiger partial charge >= 0.3 is 11.9 Å². The lowest BCUT2D eigenvalue weighted by Gasteiger charge is -2.26. The van der Waals surface area contributed by atoms with Crippen molar-refractivity contribution in [3.63, 3.8) is 0 Å². The van der Waals surface area contributed by atoms with E-state index in [-0.39, 0.29) is 38.6 Å². The number of hydrogen-bond donors (Lipinski definition) is 0. The molecule has 0 aliphatic rings. The van der Waals surface area contributed by atoms with Gasteiger partial charge in [-0.05, 0) is 51.4 Å². The van der Waals surface area contributed by atoms with Gasteiger partial charge in [-0.3, -0.25) is 9.59 Å². The molecule has 0 aromatic rings. The van der Waals surface area contributed by atoms with Gasteiger partial charge in [-0.15, -0.1) is 0 Å². The summed E-state index contributed by atoms with van der Waals surface area (Å²) in [4.78, 5) is 37.0. The van der Waals surface area contributed by atoms with Crippen LogP contribution in [-0.2, 0) is 33.3 Å². The number of ether oxygens (including phenoxy) is 4. The molecule has 0 saturated heterocycles. The fourth-order valence-corrected chi connectivity index (χ4v) is 6.34. The Kier molecular flexibility index (Phi) is 40.5. The molecule has 0 bridgehead atoms. The molecule has 0 amide bonds. The second-order valence-corrected chi connectivity index (χ2v) is 17.0. The van der Waals surface area contributed by atoms with Crippen molar-refractivity contribution in [2.75, 3.05) is 47.5 Å². The number of aliphatic carboxylic acids is 1. The summed E-state index contributed by atoms with van der Waals surface area (Å²) >= 11 is 0. The Balaban J connectivity index is 4.47. The van der Waals surface area contributed by atoms with Crippen LogP contribution in [0.5, 0.6) is 0 Å². The predicted octanol–water partition coefficient (Wildman–Crippen LogP) is 11.6. The summed E-state index contributed by atoms with van der Waals surface area (Å²) < 4.78 is 22.5. The van der Waals surface area contributed by atoms with Gasteiger partial charge in [0.2, 0.25) is 0 Å². The minimum Gasteiger partial charge on any atom is -0.545 e. The van der Waals surface area contributed by atoms with E-state index < -0.39 is 24.3 Å². The molecule has 0 saturated carbocycles. The zero-order valence-corrected chi connectivity index (χ0v) is 39.1. The number of likely N-dealkylation sites (N-methyl/N-ethyl adjacent to an activating group) is 1. The van der Waals surface area contributed by atoms with Gasteiger partial charge < -0.3 is 33.3 Å². The van der Waals surface area contributed by atoms with Crippen LogP contribution in [0.2, 0.25) is 0 Å². The quantitative estimate of drug-likeness (QED) is 0.0196. The smallest absolute Gasteiger partial charge is 0.306 e. The van der Waals surface area contributed by atoms with Gasteiger partial charge in [-0.25, -0.2) is 0 Å². The van der Waals surface area contributed by atoms with Crippen LogP contribution in [0.4, 0.5) is 0 Å². The minimum atomic E-state index is -1.64. The maximum atomic E-state index is 12.7. The van der Waals surface area contributed by atoms with E-state index in [1.54, 1.807) is 0 Å². The van der Waals surface area contributed by atoms with E-state index in [2.05, 4.69) is 68.5 Å². The van der Waals surface area contributed by atoms with Gasteiger partial charge in [0.25, 0.3) is 0 Å². The Morgan fingerprint density at radius 3 is 1.40 bits per heavy atom. The Hall–Kier alpha value is -3.01. The highest BCUT2D eigenvalue weighted by Gasteiger charge is 2.21. The van der Waals surface area contributed by atoms with E-state index in [0.29, 0.717) is 23.9 Å². The van der Waals surface area contributed by atoms with Crippen LogP contribution >= 0.6 is 0 Å². The first kappa shape index (κ1) is 57.0. The number of rotatable bonds is 43. The molecule has 9 nitrogen and oxygen atoms in total. The van der Waals surface area contributed by atoms with Crippen molar-refractivity contribution in [2.24, 2.45) is 0 Å². The Morgan fingerprint density at radius 2 is 0.950 bits per heavy atom. The lowest BCUT2D eigenvalue weighted by Crippen LogP contribution is -2.44. The second-order valence-electron chi connectivity index (χ2n) is 17.0. The fourth-order valence-electron chi connectivity index (χ4n) is 6.34. The summed E-state index contributed by atoms with van der Waals surface area (Å²) in [5, 5.41) is 11.7. The summed E-state index contributed by atoms with van der Waals surface area (Å²) in [6, 6.07) is 0. The highest BCUT2D eigenvalue weighted by atomic mass is 16.7. The summed E-state index contributed by atoms with van der Waals surface area (Å²) in [6.45, 7) is 4.56. The molecular weight excluding hydrogens is 755 g/mol. The van der Waals surface area contributed by atoms with E-state index in [9.17, 15) is 19.5 Å². The van der Waals surface area contributed by atoms with Crippen LogP contribution in [0.3, 0.4) is 0 Å². The fraction of sp³-hybridized carbons (Fsp3) is 0.745. The monoisotopic (exact) mass is 844 g/mol. The molecule has 60 heavy (non-hydrogen) atoms. The summed E-state index contributed by atoms with van der Waals surface area (Å²) in [5.41, 5.74) is 0. The van der Waals surface area contributed by atoms with Gasteiger partial charge in [-0.1, -0.05) is 184 Å². The largest absolute Gasteiger partial charge is 0.545 e. The lowest BCUT2D eigenvalue weighted by molar-refractivity contribution is -0.870. The number of quaternary nitrogens is 1. The minimum absolute atomic E-state index is 0.136. The van der Waals surface area contributed by atoms with Gasteiger partial charge in [0, 0.05) is 12.8 Å². The molecule has 0 aromatic heterocycles. The van der Waals surface area contributed by atoms with Crippen LogP contribution < -0.4 is 5.11 Å². The molecule has 0 aliphatic heterocycles. The molecule has 0 spiro atoms. The van der Waals surface area contributed by atoms with Gasteiger partial charge in [-0.2, -0.15) is 0 Å². The average molecular weight is 844 g/mol. The molecule has 0 fully saturated rings. The number of nitrogens with zero attached hydrogens (tertiary/aromatic N) is 1. The molecule has 346 valence electrons. The number of allylic oxidation sites excluding steroid dienone is 10. The summed E-state index contributed by atoms with van der Waals surface area (Å²) in [7, 11) is 5.89. The maximum absolute atomic E-state index is 12.7. The van der Waals surface area contributed by atoms with Crippen LogP contribution in [0, 0.1) is 0 Å². The number of hydrogen-bond acceptors (Lipinski definition) is 8. The number of carbonyl (C=O) groups is 3. The Bertz CT molecular complexity index is 1170. The van der Waals surface area contributed by atoms with Crippen LogP contribution in [0.25, 0.3) is 0 Å². The van der Waals surface area contributed by atoms with Crippen molar-refractivity contribution >= 4 is 17.9 Å². The second kappa shape index (κ2) is 42.7. The highest BCUT2D eigenvalue weighted by Crippen LogP contribution is 2.15. The van der Waals surface area contributed by atoms with Gasteiger partial charge in [0.05, 0.1) is 40.3 Å². The standard InChI is InChI=1S/C51H89NO8/c1-6-8-10-12-14-16-18-20-22-24-26-27-29-31-33-35-37-39-41-48(53)58-45-47(46-59-51(50(55)56)57-44-43-52(3,4)5)60-49(54)42-40-38-36-34-32-30-28-25-23-21-19-17-15-13-11-9-7-2/h9,11,15,17,21,23,28,30,34,36,47,51H,6-8,10,12-14,16,18-20,22,24-27,29,31-33,35,37-46H2,1-5H3/b11-9-,17-15-,23-21-,30-28-,36-34-. The Morgan fingerprint density at radius 1 is 0.517 bits per heavy atom. The van der Waals surface area contributed by atoms with Crippen LogP contribution in [-0.4, -0.2) is 82.3 Å². The van der Waals surface area contributed by atoms with Crippen LogP contribution in [0.1, 0.15) is 187 Å². The number of unbranched alkanes of at least 4 members (excludes halogenated alkanes) is 18. The third-order valence-electron chi connectivity index (χ3n) is 10.0. The number of carbonyl (C=O) groups excluding carboxylic acids is 3. The molecule has 0 aliphatic carbocycles. The molecule has 9 heteroatoms. The van der Waals surface area contributed by atoms with Crippen molar-refractivity contribution in [1.82, 2.24) is 0 Å². The lowest BCUT2D eigenvalue weighted by atomic mass is 10.0. The topological polar surface area (TPSA) is 111 Å². The van der Waals surface area contributed by atoms with Crippen molar-refractivity contribution in [3.05, 3.63) is 60.8 Å². The third-order valence-corrected chi connectivity index (χ3v) is 10.0. The van der Waals surface area contributed by atoms with Crippen molar-refractivity contribution in [3.8, 4) is 0 Å². The molecule has 0 radical (unpaired) electrons. The summed E-state index contributed by atoms with van der Waals surface area (Å²) in [5.74, 6) is -2.36. The highest BCUT2D eigenvalue weighted by molar-refractivity contribution is 5.70. The van der Waals surface area contributed by atoms with Crippen molar-refractivity contribution in [2.45, 2.75) is 200 Å². The molecule has 0 rings (SSSR count). The molecule has 0 N–H and O–H groups in total.